The lowest BCUT2D eigenvalue weighted by atomic mass is 10.4. The molecule has 0 radical (unpaired) electrons. The van der Waals surface area contributed by atoms with Crippen molar-refractivity contribution in [2.24, 2.45) is 0 Å². The van der Waals surface area contributed by atoms with Gasteiger partial charge in [-0.1, -0.05) is 11.3 Å². The average Bonchev–Trinajstić information content (AvgIpc) is 2.46. The highest BCUT2D eigenvalue weighted by atomic mass is 32.1. The fourth-order valence-corrected chi connectivity index (χ4v) is 1.53. The normalized spacial score (nSPS) is 9.50. The smallest absolute Gasteiger partial charge is 0.346 e. The number of carboxylic acid groups (broad SMARTS) is 1. The van der Waals surface area contributed by atoms with E-state index in [0.717, 1.165) is 11.3 Å². The predicted molar refractivity (Wildman–Crippen MR) is 44.4 cm³/mol. The SMILES string of the molecule is COc1cc(C(=O)O)sc1OC. The minimum Gasteiger partial charge on any atom is -0.492 e. The van der Waals surface area contributed by atoms with Crippen LogP contribution < -0.4 is 9.47 Å². The zero-order chi connectivity index (χ0) is 9.14. The fraction of sp³-hybridized carbons (Fsp3) is 0.286. The highest BCUT2D eigenvalue weighted by Crippen LogP contribution is 2.36. The molecule has 0 amide bonds. The fourth-order valence-electron chi connectivity index (χ4n) is 0.748. The lowest BCUT2D eigenvalue weighted by molar-refractivity contribution is 0.0702. The molecule has 0 fully saturated rings. The number of ether oxygens (including phenoxy) is 2. The Kier molecular flexibility index (Phi) is 2.54. The van der Waals surface area contributed by atoms with Crippen LogP contribution in [-0.4, -0.2) is 25.3 Å². The van der Waals surface area contributed by atoms with Gasteiger partial charge in [0.2, 0.25) is 5.06 Å². The highest BCUT2D eigenvalue weighted by molar-refractivity contribution is 7.16. The Balaban J connectivity index is 3.05. The van der Waals surface area contributed by atoms with E-state index < -0.39 is 5.97 Å². The summed E-state index contributed by atoms with van der Waals surface area (Å²) in [5.74, 6) is -0.512. The summed E-state index contributed by atoms with van der Waals surface area (Å²) in [7, 11) is 2.94. The van der Waals surface area contributed by atoms with Gasteiger partial charge in [0, 0.05) is 6.07 Å². The first kappa shape index (κ1) is 8.86. The lowest BCUT2D eigenvalue weighted by Crippen LogP contribution is -1.90. The second-order valence-electron chi connectivity index (χ2n) is 1.98. The lowest BCUT2D eigenvalue weighted by Gasteiger charge is -1.97. The molecule has 12 heavy (non-hydrogen) atoms. The summed E-state index contributed by atoms with van der Waals surface area (Å²) in [5.41, 5.74) is 0. The number of carboxylic acids is 1. The number of aromatic carboxylic acids is 1. The molecular weight excluding hydrogens is 180 g/mol. The summed E-state index contributed by atoms with van der Waals surface area (Å²) in [6.07, 6.45) is 0. The average molecular weight is 188 g/mol. The summed E-state index contributed by atoms with van der Waals surface area (Å²) < 4.78 is 9.79. The van der Waals surface area contributed by atoms with Gasteiger partial charge in [0.25, 0.3) is 0 Å². The molecule has 0 atom stereocenters. The quantitative estimate of drug-likeness (QED) is 0.780. The summed E-state index contributed by atoms with van der Waals surface area (Å²) in [6, 6.07) is 1.44. The predicted octanol–water partition coefficient (Wildman–Crippen LogP) is 1.46. The number of thiophene rings is 1. The van der Waals surface area contributed by atoms with Crippen molar-refractivity contribution in [1.82, 2.24) is 0 Å². The zero-order valence-electron chi connectivity index (χ0n) is 6.66. The van der Waals surface area contributed by atoms with Crippen LogP contribution in [0.4, 0.5) is 0 Å². The van der Waals surface area contributed by atoms with Crippen LogP contribution in [0.1, 0.15) is 9.67 Å². The van der Waals surface area contributed by atoms with E-state index in [2.05, 4.69) is 0 Å². The molecule has 0 spiro atoms. The third kappa shape index (κ3) is 1.50. The molecular formula is C7H8O4S. The summed E-state index contributed by atoms with van der Waals surface area (Å²) in [4.78, 5) is 10.7. The van der Waals surface area contributed by atoms with Crippen molar-refractivity contribution in [3.05, 3.63) is 10.9 Å². The molecule has 1 aromatic heterocycles. The van der Waals surface area contributed by atoms with Crippen LogP contribution in [0.5, 0.6) is 10.8 Å². The second kappa shape index (κ2) is 3.44. The van der Waals surface area contributed by atoms with Crippen molar-refractivity contribution in [1.29, 1.82) is 0 Å². The van der Waals surface area contributed by atoms with Crippen LogP contribution in [0.15, 0.2) is 6.07 Å². The molecule has 0 saturated heterocycles. The van der Waals surface area contributed by atoms with Gasteiger partial charge in [-0.15, -0.1) is 0 Å². The molecule has 66 valence electrons. The highest BCUT2D eigenvalue weighted by Gasteiger charge is 2.14. The Morgan fingerprint density at radius 3 is 2.50 bits per heavy atom. The maximum absolute atomic E-state index is 10.5. The first-order chi connectivity index (χ1) is 5.69. The molecule has 5 heteroatoms. The number of carbonyl (C=O) groups is 1. The van der Waals surface area contributed by atoms with Crippen molar-refractivity contribution < 1.29 is 19.4 Å². The molecule has 1 heterocycles. The van der Waals surface area contributed by atoms with Gasteiger partial charge in [-0.3, -0.25) is 0 Å². The van der Waals surface area contributed by atoms with Gasteiger partial charge in [-0.2, -0.15) is 0 Å². The molecule has 0 aliphatic carbocycles. The van der Waals surface area contributed by atoms with E-state index in [9.17, 15) is 4.79 Å². The molecule has 0 aliphatic heterocycles. The molecule has 0 unspecified atom stereocenters. The van der Waals surface area contributed by atoms with E-state index in [1.807, 2.05) is 0 Å². The minimum atomic E-state index is -0.971. The monoisotopic (exact) mass is 188 g/mol. The third-order valence-corrected chi connectivity index (χ3v) is 2.35. The summed E-state index contributed by atoms with van der Waals surface area (Å²) in [5, 5.41) is 9.09. The van der Waals surface area contributed by atoms with Gasteiger partial charge in [0.15, 0.2) is 5.75 Å². The maximum atomic E-state index is 10.5. The maximum Gasteiger partial charge on any atom is 0.346 e. The first-order valence-corrected chi connectivity index (χ1v) is 3.95. The molecule has 0 saturated carbocycles. The van der Waals surface area contributed by atoms with Crippen molar-refractivity contribution in [2.45, 2.75) is 0 Å². The summed E-state index contributed by atoms with van der Waals surface area (Å²) >= 11 is 1.05. The van der Waals surface area contributed by atoms with Crippen LogP contribution in [0.25, 0.3) is 0 Å². The Bertz CT molecular complexity index is 270. The van der Waals surface area contributed by atoms with Crippen LogP contribution in [0.2, 0.25) is 0 Å². The molecule has 0 aliphatic rings. The Morgan fingerprint density at radius 2 is 2.17 bits per heavy atom. The van der Waals surface area contributed by atoms with Crippen LogP contribution in [0, 0.1) is 0 Å². The third-order valence-electron chi connectivity index (χ3n) is 1.28. The van der Waals surface area contributed by atoms with Gasteiger partial charge >= 0.3 is 5.97 Å². The van der Waals surface area contributed by atoms with Crippen molar-refractivity contribution >= 4 is 17.3 Å². The standard InChI is InChI=1S/C7H8O4S/c1-10-4-3-5(6(8)9)12-7(4)11-2/h3H,1-2H3,(H,8,9). The number of methoxy groups -OCH3 is 2. The van der Waals surface area contributed by atoms with E-state index >= 15 is 0 Å². The number of hydrogen-bond donors (Lipinski definition) is 1. The van der Waals surface area contributed by atoms with Crippen LogP contribution in [-0.2, 0) is 0 Å². The van der Waals surface area contributed by atoms with Crippen molar-refractivity contribution in [2.75, 3.05) is 14.2 Å². The molecule has 1 rings (SSSR count). The Labute approximate surface area is 73.3 Å². The zero-order valence-corrected chi connectivity index (χ0v) is 7.47. The van der Waals surface area contributed by atoms with E-state index in [1.165, 1.54) is 20.3 Å². The van der Waals surface area contributed by atoms with E-state index in [4.69, 9.17) is 14.6 Å². The topological polar surface area (TPSA) is 55.8 Å². The second-order valence-corrected chi connectivity index (χ2v) is 2.99. The minimum absolute atomic E-state index is 0.212. The molecule has 0 aromatic carbocycles. The van der Waals surface area contributed by atoms with Gasteiger partial charge < -0.3 is 14.6 Å². The van der Waals surface area contributed by atoms with Crippen LogP contribution in [0.3, 0.4) is 0 Å². The van der Waals surface area contributed by atoms with E-state index in [0.29, 0.717) is 10.8 Å². The molecule has 0 bridgehead atoms. The van der Waals surface area contributed by atoms with Crippen LogP contribution >= 0.6 is 11.3 Å². The molecule has 1 N–H and O–H groups in total. The summed E-state index contributed by atoms with van der Waals surface area (Å²) in [6.45, 7) is 0. The van der Waals surface area contributed by atoms with Crippen molar-refractivity contribution in [3.8, 4) is 10.8 Å². The van der Waals surface area contributed by atoms with Gasteiger partial charge in [-0.25, -0.2) is 4.79 Å². The molecule has 1 aromatic rings. The van der Waals surface area contributed by atoms with Gasteiger partial charge in [0.1, 0.15) is 4.88 Å². The Morgan fingerprint density at radius 1 is 1.50 bits per heavy atom. The van der Waals surface area contributed by atoms with Gasteiger partial charge in [-0.05, 0) is 0 Å². The van der Waals surface area contributed by atoms with E-state index in [-0.39, 0.29) is 4.88 Å². The molecule has 4 nitrogen and oxygen atoms in total. The largest absolute Gasteiger partial charge is 0.492 e. The van der Waals surface area contributed by atoms with Gasteiger partial charge in [0.05, 0.1) is 14.2 Å². The van der Waals surface area contributed by atoms with Crippen molar-refractivity contribution in [3.63, 3.8) is 0 Å². The Hall–Kier alpha value is -1.23. The first-order valence-electron chi connectivity index (χ1n) is 3.14. The van der Waals surface area contributed by atoms with E-state index in [1.54, 1.807) is 0 Å². The number of rotatable bonds is 3. The number of hydrogen-bond acceptors (Lipinski definition) is 4.